The summed E-state index contributed by atoms with van der Waals surface area (Å²) < 4.78 is 6.93. The van der Waals surface area contributed by atoms with Gasteiger partial charge in [0.15, 0.2) is 0 Å². The van der Waals surface area contributed by atoms with E-state index in [-0.39, 0.29) is 18.5 Å². The highest BCUT2D eigenvalue weighted by Gasteiger charge is 2.34. The first-order valence-corrected chi connectivity index (χ1v) is 5.96. The van der Waals surface area contributed by atoms with Crippen LogP contribution in [0.15, 0.2) is 11.0 Å². The Balaban J connectivity index is 2.32. The van der Waals surface area contributed by atoms with Gasteiger partial charge < -0.3 is 21.3 Å². The zero-order chi connectivity index (χ0) is 13.3. The van der Waals surface area contributed by atoms with E-state index in [0.29, 0.717) is 12.8 Å². The van der Waals surface area contributed by atoms with E-state index in [2.05, 4.69) is 4.98 Å². The number of ether oxygens (including phenoxy) is 1. The summed E-state index contributed by atoms with van der Waals surface area (Å²) >= 11 is 0. The summed E-state index contributed by atoms with van der Waals surface area (Å²) in [6.45, 7) is 1.77. The molecule has 2 heterocycles. The highest BCUT2D eigenvalue weighted by molar-refractivity contribution is 5.36. The van der Waals surface area contributed by atoms with Crippen molar-refractivity contribution in [2.24, 2.45) is 5.73 Å². The zero-order valence-corrected chi connectivity index (χ0v) is 10.2. The van der Waals surface area contributed by atoms with E-state index in [9.17, 15) is 4.79 Å². The summed E-state index contributed by atoms with van der Waals surface area (Å²) in [5.74, 6) is 0.250. The molecule has 1 aliphatic heterocycles. The van der Waals surface area contributed by atoms with Crippen LogP contribution >= 0.6 is 0 Å². The van der Waals surface area contributed by atoms with Crippen LogP contribution in [-0.4, -0.2) is 33.4 Å². The first kappa shape index (κ1) is 13.0. The maximum absolute atomic E-state index is 11.8. The van der Waals surface area contributed by atoms with E-state index in [4.69, 9.17) is 21.3 Å². The predicted molar refractivity (Wildman–Crippen MR) is 65.9 cm³/mol. The van der Waals surface area contributed by atoms with Gasteiger partial charge in [0.05, 0.1) is 12.7 Å². The lowest BCUT2D eigenvalue weighted by Crippen LogP contribution is -2.32. The highest BCUT2D eigenvalue weighted by Crippen LogP contribution is 2.26. The third kappa shape index (κ3) is 2.24. The number of nitrogens with two attached hydrogens (primary N) is 2. The van der Waals surface area contributed by atoms with Crippen molar-refractivity contribution in [3.8, 4) is 0 Å². The second-order valence-electron chi connectivity index (χ2n) is 4.41. The second kappa shape index (κ2) is 5.05. The van der Waals surface area contributed by atoms with Crippen molar-refractivity contribution in [2.45, 2.75) is 38.1 Å². The van der Waals surface area contributed by atoms with Crippen LogP contribution < -0.4 is 17.2 Å². The van der Waals surface area contributed by atoms with Crippen LogP contribution in [0.5, 0.6) is 0 Å². The number of aryl methyl sites for hydroxylation is 1. The van der Waals surface area contributed by atoms with Gasteiger partial charge in [-0.15, -0.1) is 0 Å². The van der Waals surface area contributed by atoms with Gasteiger partial charge >= 0.3 is 5.69 Å². The molecule has 1 fully saturated rings. The summed E-state index contributed by atoms with van der Waals surface area (Å²) in [4.78, 5) is 15.6. The molecule has 100 valence electrons. The molecule has 0 radical (unpaired) electrons. The molecule has 3 atom stereocenters. The smallest absolute Gasteiger partial charge is 0.351 e. The van der Waals surface area contributed by atoms with E-state index in [1.165, 1.54) is 4.57 Å². The Labute approximate surface area is 104 Å². The quantitative estimate of drug-likeness (QED) is 0.636. The molecule has 7 heteroatoms. The van der Waals surface area contributed by atoms with Crippen LogP contribution in [-0.2, 0) is 11.2 Å². The van der Waals surface area contributed by atoms with Gasteiger partial charge in [-0.25, -0.2) is 4.79 Å². The lowest BCUT2D eigenvalue weighted by atomic mass is 10.1. The number of aliphatic hydroxyl groups excluding tert-OH is 1. The lowest BCUT2D eigenvalue weighted by Gasteiger charge is -2.15. The van der Waals surface area contributed by atoms with Gasteiger partial charge in [-0.05, 0) is 6.42 Å². The molecular formula is C11H18N4O3. The van der Waals surface area contributed by atoms with Crippen molar-refractivity contribution in [3.05, 3.63) is 22.2 Å². The predicted octanol–water partition coefficient (Wildman–Crippen LogP) is -1.00. The topological polar surface area (TPSA) is 116 Å². The van der Waals surface area contributed by atoms with Crippen LogP contribution in [0.4, 0.5) is 5.82 Å². The Morgan fingerprint density at radius 1 is 1.67 bits per heavy atom. The van der Waals surface area contributed by atoms with E-state index in [1.807, 2.05) is 6.92 Å². The molecule has 7 nitrogen and oxygen atoms in total. The van der Waals surface area contributed by atoms with Crippen LogP contribution in [0.2, 0.25) is 0 Å². The van der Waals surface area contributed by atoms with Gasteiger partial charge in [-0.2, -0.15) is 4.98 Å². The molecule has 1 aliphatic rings. The van der Waals surface area contributed by atoms with Crippen molar-refractivity contribution < 1.29 is 9.84 Å². The normalized spacial score (nSPS) is 27.6. The maximum atomic E-state index is 11.8. The number of hydrogen-bond donors (Lipinski definition) is 3. The average Bonchev–Trinajstić information content (AvgIpc) is 2.70. The molecule has 1 aromatic rings. The van der Waals surface area contributed by atoms with E-state index < -0.39 is 18.0 Å². The first-order valence-electron chi connectivity index (χ1n) is 5.96. The third-order valence-corrected chi connectivity index (χ3v) is 3.22. The molecule has 0 bridgehead atoms. The van der Waals surface area contributed by atoms with Gasteiger partial charge in [0.1, 0.15) is 12.0 Å². The minimum Gasteiger partial charge on any atom is -0.394 e. The van der Waals surface area contributed by atoms with Crippen molar-refractivity contribution in [3.63, 3.8) is 0 Å². The Morgan fingerprint density at radius 2 is 2.39 bits per heavy atom. The number of anilines is 1. The van der Waals surface area contributed by atoms with Gasteiger partial charge in [0.25, 0.3) is 0 Å². The number of nitrogen functional groups attached to an aromatic ring is 1. The van der Waals surface area contributed by atoms with Crippen LogP contribution in [0.1, 0.15) is 25.1 Å². The van der Waals surface area contributed by atoms with E-state index in [1.54, 1.807) is 6.20 Å². The lowest BCUT2D eigenvalue weighted by molar-refractivity contribution is -0.0271. The molecule has 0 saturated carbocycles. The average molecular weight is 254 g/mol. The number of nitrogens with zero attached hydrogens (tertiary/aromatic N) is 2. The summed E-state index contributed by atoms with van der Waals surface area (Å²) in [6.07, 6.45) is 1.89. The molecule has 5 N–H and O–H groups in total. The summed E-state index contributed by atoms with van der Waals surface area (Å²) in [5, 5.41) is 9.09. The van der Waals surface area contributed by atoms with Crippen molar-refractivity contribution >= 4 is 5.82 Å². The molecule has 0 amide bonds. The summed E-state index contributed by atoms with van der Waals surface area (Å²) in [5.41, 5.74) is 11.8. The molecular weight excluding hydrogens is 236 g/mol. The van der Waals surface area contributed by atoms with Gasteiger partial charge in [-0.1, -0.05) is 6.92 Å². The fourth-order valence-corrected chi connectivity index (χ4v) is 2.10. The highest BCUT2D eigenvalue weighted by atomic mass is 16.5. The molecule has 0 spiro atoms. The molecule has 0 aliphatic carbocycles. The maximum Gasteiger partial charge on any atom is 0.351 e. The SMILES string of the molecule is CCc1cn([C@H]2C[C@H](N)[C@@H](CO)O2)c(=O)nc1N. The largest absolute Gasteiger partial charge is 0.394 e. The van der Waals surface area contributed by atoms with Gasteiger partial charge in [0.2, 0.25) is 0 Å². The van der Waals surface area contributed by atoms with Crippen LogP contribution in [0, 0.1) is 0 Å². The Kier molecular flexibility index (Phi) is 3.65. The number of aromatic nitrogens is 2. The molecule has 0 aromatic carbocycles. The first-order chi connectivity index (χ1) is 8.56. The van der Waals surface area contributed by atoms with Crippen molar-refractivity contribution in [1.82, 2.24) is 9.55 Å². The van der Waals surface area contributed by atoms with E-state index >= 15 is 0 Å². The third-order valence-electron chi connectivity index (χ3n) is 3.22. The fourth-order valence-electron chi connectivity index (χ4n) is 2.10. The Hall–Kier alpha value is -1.44. The minimum atomic E-state index is -0.483. The summed E-state index contributed by atoms with van der Waals surface area (Å²) in [7, 11) is 0. The standard InChI is InChI=1S/C11H18N4O3/c1-2-6-4-15(11(17)14-10(6)13)9-3-7(12)8(5-16)18-9/h4,7-9,16H,2-3,5,12H2,1H3,(H2,13,14,17)/t7-,8+,9+/m0/s1. The molecule has 18 heavy (non-hydrogen) atoms. The number of rotatable bonds is 3. The van der Waals surface area contributed by atoms with Crippen molar-refractivity contribution in [2.75, 3.05) is 12.3 Å². The minimum absolute atomic E-state index is 0.157. The summed E-state index contributed by atoms with van der Waals surface area (Å²) in [6, 6.07) is -0.283. The molecule has 1 saturated heterocycles. The Morgan fingerprint density at radius 3 is 2.94 bits per heavy atom. The zero-order valence-electron chi connectivity index (χ0n) is 10.2. The number of aliphatic hydroxyl groups is 1. The molecule has 2 rings (SSSR count). The van der Waals surface area contributed by atoms with Gasteiger partial charge in [-0.3, -0.25) is 4.57 Å². The van der Waals surface area contributed by atoms with E-state index in [0.717, 1.165) is 5.56 Å². The van der Waals surface area contributed by atoms with Crippen LogP contribution in [0.25, 0.3) is 0 Å². The van der Waals surface area contributed by atoms with Gasteiger partial charge in [0, 0.05) is 24.2 Å². The van der Waals surface area contributed by atoms with Crippen LogP contribution in [0.3, 0.4) is 0 Å². The number of hydrogen-bond acceptors (Lipinski definition) is 6. The van der Waals surface area contributed by atoms with Crippen molar-refractivity contribution in [1.29, 1.82) is 0 Å². The fraction of sp³-hybridized carbons (Fsp3) is 0.636. The monoisotopic (exact) mass is 254 g/mol. The Bertz CT molecular complexity index is 488. The molecule has 0 unspecified atom stereocenters. The molecule has 1 aromatic heterocycles. The second-order valence-corrected chi connectivity index (χ2v) is 4.41.